The van der Waals surface area contributed by atoms with Crippen molar-refractivity contribution in [2.45, 2.75) is 31.0 Å². The lowest BCUT2D eigenvalue weighted by Gasteiger charge is -2.48. The highest BCUT2D eigenvalue weighted by atomic mass is 16.2. The molecule has 2 heterocycles. The Morgan fingerprint density at radius 2 is 1.08 bits per heavy atom. The number of likely N-dealkylation sites (tertiary alicyclic amines) is 1. The minimum atomic E-state index is -0.261. The van der Waals surface area contributed by atoms with Crippen molar-refractivity contribution in [1.29, 1.82) is 0 Å². The van der Waals surface area contributed by atoms with E-state index in [0.29, 0.717) is 11.1 Å². The van der Waals surface area contributed by atoms with Crippen LogP contribution >= 0.6 is 0 Å². The van der Waals surface area contributed by atoms with Crippen LogP contribution in [-0.2, 0) is 0 Å². The lowest BCUT2D eigenvalue weighted by molar-refractivity contribution is 0.0208. The van der Waals surface area contributed by atoms with E-state index in [1.165, 1.54) is 11.1 Å². The van der Waals surface area contributed by atoms with Crippen LogP contribution in [0, 0.1) is 0 Å². The Morgan fingerprint density at radius 3 is 1.61 bits per heavy atom. The van der Waals surface area contributed by atoms with E-state index < -0.39 is 0 Å². The predicted octanol–water partition coefficient (Wildman–Crippen LogP) is 6.28. The summed E-state index contributed by atoms with van der Waals surface area (Å²) in [6.07, 6.45) is 1.68. The van der Waals surface area contributed by atoms with E-state index in [1.54, 1.807) is 17.0 Å². The van der Waals surface area contributed by atoms with Crippen LogP contribution in [-0.4, -0.2) is 34.2 Å². The number of rotatable bonds is 5. The first-order valence-electron chi connectivity index (χ1n) is 12.6. The maximum absolute atomic E-state index is 13.6. The van der Waals surface area contributed by atoms with Crippen LogP contribution in [0.2, 0.25) is 0 Å². The minimum Gasteiger partial charge on any atom is -0.283 e. The summed E-state index contributed by atoms with van der Waals surface area (Å²) in [5.41, 5.74) is 4.54. The number of hydrogen-bond donors (Lipinski definition) is 0. The summed E-state index contributed by atoms with van der Waals surface area (Å²) in [5, 5.41) is 0. The van der Waals surface area contributed by atoms with Gasteiger partial charge in [0.1, 0.15) is 0 Å². The van der Waals surface area contributed by atoms with Gasteiger partial charge in [0, 0.05) is 0 Å². The Bertz CT molecular complexity index is 1300. The van der Waals surface area contributed by atoms with Crippen molar-refractivity contribution < 1.29 is 9.59 Å². The highest BCUT2D eigenvalue weighted by Gasteiger charge is 2.47. The standard InChI is InChI=1S/C32H28N2O2/c35-31-26-19-10-11-20-27(26)32(36)34(31)28-21-12-22-33(30(28)25-17-8-3-9-18-25)29(23-13-4-1-5-14-23)24-15-6-2-7-16-24/h1-11,13-20,28-30H,12,21-22H2/t28-,30-/m0/s1. The van der Waals surface area contributed by atoms with Crippen LogP contribution in [0.15, 0.2) is 115 Å². The van der Waals surface area contributed by atoms with Gasteiger partial charge in [0.2, 0.25) is 0 Å². The topological polar surface area (TPSA) is 40.6 Å². The van der Waals surface area contributed by atoms with Crippen LogP contribution < -0.4 is 0 Å². The fourth-order valence-electron chi connectivity index (χ4n) is 5.98. The maximum atomic E-state index is 13.6. The zero-order chi connectivity index (χ0) is 24.5. The lowest BCUT2D eigenvalue weighted by atomic mass is 9.85. The Morgan fingerprint density at radius 1 is 0.611 bits per heavy atom. The molecule has 4 nitrogen and oxygen atoms in total. The molecule has 2 atom stereocenters. The van der Waals surface area contributed by atoms with E-state index in [1.807, 2.05) is 42.5 Å². The maximum Gasteiger partial charge on any atom is 0.261 e. The molecule has 0 aliphatic carbocycles. The Balaban J connectivity index is 1.49. The third-order valence-electron chi connectivity index (χ3n) is 7.50. The van der Waals surface area contributed by atoms with Gasteiger partial charge in [-0.25, -0.2) is 0 Å². The summed E-state index contributed by atoms with van der Waals surface area (Å²) in [7, 11) is 0. The molecule has 4 aromatic carbocycles. The van der Waals surface area contributed by atoms with Crippen molar-refractivity contribution in [3.63, 3.8) is 0 Å². The van der Waals surface area contributed by atoms with E-state index >= 15 is 0 Å². The molecular formula is C32H28N2O2. The molecule has 0 bridgehead atoms. The second-order valence-corrected chi connectivity index (χ2v) is 9.55. The number of fused-ring (bicyclic) bond motifs is 1. The summed E-state index contributed by atoms with van der Waals surface area (Å²) >= 11 is 0. The summed E-state index contributed by atoms with van der Waals surface area (Å²) < 4.78 is 0. The fraction of sp³-hybridized carbons (Fsp3) is 0.188. The third kappa shape index (κ3) is 3.84. The predicted molar refractivity (Wildman–Crippen MR) is 141 cm³/mol. The van der Waals surface area contributed by atoms with E-state index in [0.717, 1.165) is 24.9 Å². The normalized spacial score (nSPS) is 20.1. The summed E-state index contributed by atoms with van der Waals surface area (Å²) in [6.45, 7) is 0.869. The van der Waals surface area contributed by atoms with E-state index in [2.05, 4.69) is 65.6 Å². The van der Waals surface area contributed by atoms with Gasteiger partial charge in [0.25, 0.3) is 11.8 Å². The molecule has 0 saturated carbocycles. The quantitative estimate of drug-likeness (QED) is 0.321. The molecule has 1 fully saturated rings. The second kappa shape index (κ2) is 9.56. The molecule has 0 aromatic heterocycles. The fourth-order valence-corrected chi connectivity index (χ4v) is 5.98. The second-order valence-electron chi connectivity index (χ2n) is 9.55. The van der Waals surface area contributed by atoms with Crippen molar-refractivity contribution in [3.05, 3.63) is 143 Å². The SMILES string of the molecule is O=C1c2ccccc2C(=O)N1[C@H]1CCCN(C(c2ccccc2)c2ccccc2)[C@H]1c1ccccc1. The molecule has 0 unspecified atom stereocenters. The van der Waals surface area contributed by atoms with E-state index in [9.17, 15) is 9.59 Å². The van der Waals surface area contributed by atoms with Gasteiger partial charge in [-0.2, -0.15) is 0 Å². The van der Waals surface area contributed by atoms with E-state index in [4.69, 9.17) is 0 Å². The van der Waals surface area contributed by atoms with Crippen LogP contribution in [0.25, 0.3) is 0 Å². The van der Waals surface area contributed by atoms with E-state index in [-0.39, 0.29) is 29.9 Å². The van der Waals surface area contributed by atoms with Gasteiger partial charge in [-0.05, 0) is 48.2 Å². The number of amides is 2. The van der Waals surface area contributed by atoms with Crippen molar-refractivity contribution in [1.82, 2.24) is 9.80 Å². The van der Waals surface area contributed by atoms with Gasteiger partial charge in [-0.1, -0.05) is 103 Å². The number of imide groups is 1. The molecule has 2 amide bonds. The van der Waals surface area contributed by atoms with Crippen molar-refractivity contribution >= 4 is 11.8 Å². The Labute approximate surface area is 211 Å². The summed E-state index contributed by atoms with van der Waals surface area (Å²) in [5.74, 6) is -0.362. The van der Waals surface area contributed by atoms with Gasteiger partial charge in [-0.15, -0.1) is 0 Å². The zero-order valence-corrected chi connectivity index (χ0v) is 20.0. The molecule has 36 heavy (non-hydrogen) atoms. The average molecular weight is 473 g/mol. The molecule has 6 rings (SSSR count). The minimum absolute atomic E-state index is 0.00408. The molecule has 0 N–H and O–H groups in total. The highest BCUT2D eigenvalue weighted by molar-refractivity contribution is 6.21. The van der Waals surface area contributed by atoms with Crippen molar-refractivity contribution in [3.8, 4) is 0 Å². The monoisotopic (exact) mass is 472 g/mol. The molecule has 2 aliphatic heterocycles. The first kappa shape index (κ1) is 22.4. The van der Waals surface area contributed by atoms with Gasteiger partial charge in [-0.3, -0.25) is 19.4 Å². The number of hydrogen-bond acceptors (Lipinski definition) is 3. The summed E-state index contributed by atoms with van der Waals surface area (Å²) in [4.78, 5) is 31.2. The molecule has 1 saturated heterocycles. The highest BCUT2D eigenvalue weighted by Crippen LogP contribution is 2.44. The van der Waals surface area contributed by atoms with Crippen LogP contribution in [0.5, 0.6) is 0 Å². The first-order valence-corrected chi connectivity index (χ1v) is 12.6. The van der Waals surface area contributed by atoms with Crippen molar-refractivity contribution in [2.24, 2.45) is 0 Å². The molecule has 0 spiro atoms. The van der Waals surface area contributed by atoms with Crippen LogP contribution in [0.4, 0.5) is 0 Å². The van der Waals surface area contributed by atoms with Gasteiger partial charge < -0.3 is 0 Å². The third-order valence-corrected chi connectivity index (χ3v) is 7.50. The lowest BCUT2D eigenvalue weighted by Crippen LogP contribution is -2.53. The van der Waals surface area contributed by atoms with Gasteiger partial charge in [0.05, 0.1) is 29.3 Å². The molecule has 4 heteroatoms. The Hall–Kier alpha value is -4.02. The number of piperidine rings is 1. The molecule has 2 aliphatic rings. The number of nitrogens with zero attached hydrogens (tertiary/aromatic N) is 2. The molecule has 0 radical (unpaired) electrons. The smallest absolute Gasteiger partial charge is 0.261 e. The Kier molecular flexibility index (Phi) is 5.96. The first-order chi connectivity index (χ1) is 17.7. The molecular weight excluding hydrogens is 444 g/mol. The molecule has 178 valence electrons. The van der Waals surface area contributed by atoms with Crippen molar-refractivity contribution in [2.75, 3.05) is 6.54 Å². The number of carbonyl (C=O) groups is 2. The van der Waals surface area contributed by atoms with Crippen LogP contribution in [0.1, 0.15) is 62.3 Å². The molecule has 4 aromatic rings. The largest absolute Gasteiger partial charge is 0.283 e. The van der Waals surface area contributed by atoms with Crippen LogP contribution in [0.3, 0.4) is 0 Å². The van der Waals surface area contributed by atoms with Gasteiger partial charge in [0.15, 0.2) is 0 Å². The number of benzene rings is 4. The zero-order valence-electron chi connectivity index (χ0n) is 20.0. The average Bonchev–Trinajstić information content (AvgIpc) is 3.20. The summed E-state index contributed by atoms with van der Waals surface area (Å²) in [6, 6.07) is 38.2. The van der Waals surface area contributed by atoms with Gasteiger partial charge >= 0.3 is 0 Å². The number of carbonyl (C=O) groups excluding carboxylic acids is 2.